The molecule has 0 aliphatic carbocycles. The predicted molar refractivity (Wildman–Crippen MR) is 113 cm³/mol. The molecule has 1 heterocycles. The van der Waals surface area contributed by atoms with E-state index in [0.29, 0.717) is 17.4 Å². The van der Waals surface area contributed by atoms with Crippen molar-refractivity contribution < 1.29 is 9.53 Å². The van der Waals surface area contributed by atoms with Crippen LogP contribution in [0.5, 0.6) is 5.75 Å². The average molecular weight is 394 g/mol. The Labute approximate surface area is 169 Å². The number of rotatable bonds is 7. The molecule has 7 nitrogen and oxygen atoms in total. The number of aromatic nitrogens is 2. The number of nitrogens with one attached hydrogen (secondary N) is 1. The molecular weight excluding hydrogens is 368 g/mol. The van der Waals surface area contributed by atoms with Gasteiger partial charge in [0.1, 0.15) is 12.3 Å². The second-order valence-corrected chi connectivity index (χ2v) is 7.21. The van der Waals surface area contributed by atoms with Crippen LogP contribution >= 0.6 is 0 Å². The summed E-state index contributed by atoms with van der Waals surface area (Å²) in [5, 5.41) is 3.45. The van der Waals surface area contributed by atoms with Crippen molar-refractivity contribution >= 4 is 16.8 Å². The van der Waals surface area contributed by atoms with Gasteiger partial charge in [0, 0.05) is 6.54 Å². The number of hydrogen-bond acceptors (Lipinski definition) is 5. The summed E-state index contributed by atoms with van der Waals surface area (Å²) in [6, 6.07) is 13.2. The minimum absolute atomic E-state index is 0.000967. The molecule has 1 N–H and O–H groups in total. The van der Waals surface area contributed by atoms with Crippen LogP contribution in [0, 0.1) is 6.92 Å². The molecule has 1 unspecified atom stereocenters. The fourth-order valence-corrected chi connectivity index (χ4v) is 3.30. The smallest absolute Gasteiger partial charge is 0.261 e. The Balaban J connectivity index is 1.70. The van der Waals surface area contributed by atoms with Gasteiger partial charge < -0.3 is 15.0 Å². The van der Waals surface area contributed by atoms with Crippen molar-refractivity contribution in [1.29, 1.82) is 0 Å². The van der Waals surface area contributed by atoms with E-state index < -0.39 is 0 Å². The molecule has 1 atom stereocenters. The highest BCUT2D eigenvalue weighted by atomic mass is 16.5. The first-order valence-corrected chi connectivity index (χ1v) is 9.42. The number of amides is 1. The fourth-order valence-electron chi connectivity index (χ4n) is 3.30. The van der Waals surface area contributed by atoms with E-state index in [0.717, 1.165) is 16.9 Å². The number of likely N-dealkylation sites (N-methyl/N-ethyl adjacent to an activating group) is 1. The van der Waals surface area contributed by atoms with Crippen LogP contribution in [0.4, 0.5) is 0 Å². The lowest BCUT2D eigenvalue weighted by Gasteiger charge is -2.25. The monoisotopic (exact) mass is 394 g/mol. The minimum atomic E-state index is -0.235. The molecule has 3 aromatic rings. The average Bonchev–Trinajstić information content (AvgIpc) is 2.71. The van der Waals surface area contributed by atoms with E-state index in [1.54, 1.807) is 13.2 Å². The third kappa shape index (κ3) is 4.63. The third-order valence-electron chi connectivity index (χ3n) is 4.99. The predicted octanol–water partition coefficient (Wildman–Crippen LogP) is 2.13. The topological polar surface area (TPSA) is 76.5 Å². The number of methoxy groups -OCH3 is 1. The highest BCUT2D eigenvalue weighted by Gasteiger charge is 2.16. The molecule has 0 aliphatic heterocycles. The number of aryl methyl sites for hydroxylation is 1. The molecule has 2 aromatic carbocycles. The lowest BCUT2D eigenvalue weighted by atomic mass is 10.1. The molecule has 29 heavy (non-hydrogen) atoms. The van der Waals surface area contributed by atoms with Gasteiger partial charge in [-0.1, -0.05) is 24.3 Å². The number of carbonyl (C=O) groups is 1. The van der Waals surface area contributed by atoms with Crippen molar-refractivity contribution in [2.45, 2.75) is 19.5 Å². The maximum absolute atomic E-state index is 12.7. The molecule has 0 saturated heterocycles. The molecule has 1 amide bonds. The van der Waals surface area contributed by atoms with Gasteiger partial charge in [-0.15, -0.1) is 0 Å². The SMILES string of the molecule is COc1ccc(C(CNC(=O)Cn2cnc3c(C)cccc3c2=O)N(C)C)cc1. The molecule has 0 fully saturated rings. The summed E-state index contributed by atoms with van der Waals surface area (Å²) in [5.41, 5.74) is 2.45. The zero-order valence-electron chi connectivity index (χ0n) is 17.2. The largest absolute Gasteiger partial charge is 0.497 e. The van der Waals surface area contributed by atoms with Gasteiger partial charge in [0.05, 0.1) is 30.4 Å². The van der Waals surface area contributed by atoms with Gasteiger partial charge in [0.15, 0.2) is 0 Å². The lowest BCUT2D eigenvalue weighted by molar-refractivity contribution is -0.121. The molecular formula is C22H26N4O3. The molecule has 0 radical (unpaired) electrons. The van der Waals surface area contributed by atoms with E-state index >= 15 is 0 Å². The van der Waals surface area contributed by atoms with E-state index in [4.69, 9.17) is 4.74 Å². The number of ether oxygens (including phenoxy) is 1. The van der Waals surface area contributed by atoms with Crippen LogP contribution in [0.2, 0.25) is 0 Å². The van der Waals surface area contributed by atoms with Crippen LogP contribution in [0.1, 0.15) is 17.2 Å². The Hall–Kier alpha value is -3.19. The van der Waals surface area contributed by atoms with Crippen molar-refractivity contribution in [2.75, 3.05) is 27.7 Å². The maximum Gasteiger partial charge on any atom is 0.261 e. The van der Waals surface area contributed by atoms with Crippen molar-refractivity contribution in [3.8, 4) is 5.75 Å². The summed E-state index contributed by atoms with van der Waals surface area (Å²) in [6.07, 6.45) is 1.43. The quantitative estimate of drug-likeness (QED) is 0.664. The van der Waals surface area contributed by atoms with Crippen LogP contribution < -0.4 is 15.6 Å². The van der Waals surface area contributed by atoms with Crippen LogP contribution in [0.15, 0.2) is 53.6 Å². The molecule has 1 aromatic heterocycles. The van der Waals surface area contributed by atoms with Crippen LogP contribution in [0.3, 0.4) is 0 Å². The van der Waals surface area contributed by atoms with Crippen LogP contribution in [-0.2, 0) is 11.3 Å². The zero-order chi connectivity index (χ0) is 21.0. The second-order valence-electron chi connectivity index (χ2n) is 7.21. The lowest BCUT2D eigenvalue weighted by Crippen LogP contribution is -2.37. The van der Waals surface area contributed by atoms with Gasteiger partial charge in [0.2, 0.25) is 5.91 Å². The molecule has 3 rings (SSSR count). The number of para-hydroxylation sites is 1. The number of benzene rings is 2. The van der Waals surface area contributed by atoms with Gasteiger partial charge in [0.25, 0.3) is 5.56 Å². The van der Waals surface area contributed by atoms with E-state index in [1.165, 1.54) is 10.9 Å². The van der Waals surface area contributed by atoms with Gasteiger partial charge in [-0.25, -0.2) is 4.98 Å². The van der Waals surface area contributed by atoms with Gasteiger partial charge in [-0.3, -0.25) is 14.2 Å². The molecule has 0 aliphatic rings. The summed E-state index contributed by atoms with van der Waals surface area (Å²) >= 11 is 0. The van der Waals surface area contributed by atoms with Crippen molar-refractivity contribution in [1.82, 2.24) is 19.8 Å². The first kappa shape index (κ1) is 20.5. The summed E-state index contributed by atoms with van der Waals surface area (Å²) in [7, 11) is 5.55. The second kappa shape index (κ2) is 8.87. The van der Waals surface area contributed by atoms with Crippen molar-refractivity contribution in [3.05, 3.63) is 70.3 Å². The maximum atomic E-state index is 12.7. The van der Waals surface area contributed by atoms with E-state index in [2.05, 4.69) is 10.3 Å². The van der Waals surface area contributed by atoms with Gasteiger partial charge in [-0.05, 0) is 50.3 Å². The Bertz CT molecular complexity index is 1060. The molecule has 0 spiro atoms. The molecule has 0 saturated carbocycles. The first-order chi connectivity index (χ1) is 13.9. The number of hydrogen-bond donors (Lipinski definition) is 1. The molecule has 7 heteroatoms. The zero-order valence-corrected chi connectivity index (χ0v) is 17.2. The Morgan fingerprint density at radius 3 is 2.59 bits per heavy atom. The molecule has 152 valence electrons. The van der Waals surface area contributed by atoms with E-state index in [9.17, 15) is 9.59 Å². The van der Waals surface area contributed by atoms with E-state index in [1.807, 2.05) is 62.3 Å². The van der Waals surface area contributed by atoms with Crippen molar-refractivity contribution in [3.63, 3.8) is 0 Å². The normalized spacial score (nSPS) is 12.2. The van der Waals surface area contributed by atoms with Gasteiger partial charge >= 0.3 is 0 Å². The summed E-state index contributed by atoms with van der Waals surface area (Å²) in [4.78, 5) is 31.5. The summed E-state index contributed by atoms with van der Waals surface area (Å²) < 4.78 is 6.54. The van der Waals surface area contributed by atoms with Crippen LogP contribution in [-0.4, -0.2) is 48.1 Å². The van der Waals surface area contributed by atoms with E-state index in [-0.39, 0.29) is 24.1 Å². The fraction of sp³-hybridized carbons (Fsp3) is 0.318. The first-order valence-electron chi connectivity index (χ1n) is 9.42. The standard InChI is InChI=1S/C22H26N4O3/c1-15-6-5-7-18-21(15)24-14-26(22(18)28)13-20(27)23-12-19(25(2)3)16-8-10-17(29-4)11-9-16/h5-11,14,19H,12-13H2,1-4H3,(H,23,27). The highest BCUT2D eigenvalue weighted by Crippen LogP contribution is 2.20. The number of carbonyl (C=O) groups excluding carboxylic acids is 1. The Kier molecular flexibility index (Phi) is 6.29. The van der Waals surface area contributed by atoms with Crippen LogP contribution in [0.25, 0.3) is 10.9 Å². The summed E-state index contributed by atoms with van der Waals surface area (Å²) in [5.74, 6) is 0.551. The number of fused-ring (bicyclic) bond motifs is 1. The van der Waals surface area contributed by atoms with Gasteiger partial charge in [-0.2, -0.15) is 0 Å². The number of nitrogens with zero attached hydrogens (tertiary/aromatic N) is 3. The molecule has 0 bridgehead atoms. The van der Waals surface area contributed by atoms with Crippen molar-refractivity contribution in [2.24, 2.45) is 0 Å². The Morgan fingerprint density at radius 2 is 1.93 bits per heavy atom. The minimum Gasteiger partial charge on any atom is -0.497 e. The highest BCUT2D eigenvalue weighted by molar-refractivity contribution is 5.81. The third-order valence-corrected chi connectivity index (χ3v) is 4.99. The Morgan fingerprint density at radius 1 is 1.21 bits per heavy atom. The summed E-state index contributed by atoms with van der Waals surface area (Å²) in [6.45, 7) is 2.26.